The van der Waals surface area contributed by atoms with Crippen molar-refractivity contribution in [2.45, 2.75) is 27.2 Å². The van der Waals surface area contributed by atoms with E-state index >= 15 is 0 Å². The van der Waals surface area contributed by atoms with E-state index in [0.29, 0.717) is 0 Å². The monoisotopic (exact) mass is 166 g/mol. The van der Waals surface area contributed by atoms with E-state index < -0.39 is 0 Å². The average molecular weight is 166 g/mol. The molecule has 0 aromatic carbocycles. The Hall–Kier alpha value is -1.12. The molecule has 0 aliphatic heterocycles. The summed E-state index contributed by atoms with van der Waals surface area (Å²) >= 11 is 0. The third-order valence-corrected chi connectivity index (χ3v) is 2.17. The second-order valence-corrected chi connectivity index (χ2v) is 2.96. The highest BCUT2D eigenvalue weighted by Gasteiger charge is 2.05. The SMILES string of the molecule is CCc1nc(C)c(C)c(=O)n1C. The molecule has 1 heterocycles. The fraction of sp³-hybridized carbons (Fsp3) is 0.556. The molecule has 3 nitrogen and oxygen atoms in total. The zero-order valence-corrected chi connectivity index (χ0v) is 8.01. The summed E-state index contributed by atoms with van der Waals surface area (Å²) in [6.07, 6.45) is 0.798. The first kappa shape index (κ1) is 8.97. The second kappa shape index (κ2) is 3.09. The number of aromatic nitrogens is 2. The van der Waals surface area contributed by atoms with Crippen LogP contribution in [0.3, 0.4) is 0 Å². The molecule has 66 valence electrons. The molecule has 0 saturated carbocycles. The van der Waals surface area contributed by atoms with E-state index in [4.69, 9.17) is 0 Å². The maximum atomic E-state index is 11.5. The minimum atomic E-state index is 0.0688. The van der Waals surface area contributed by atoms with Gasteiger partial charge in [-0.2, -0.15) is 0 Å². The first-order valence-electron chi connectivity index (χ1n) is 4.11. The molecule has 0 amide bonds. The highest BCUT2D eigenvalue weighted by atomic mass is 16.1. The molecular formula is C9H14N2O. The van der Waals surface area contributed by atoms with Gasteiger partial charge in [0.2, 0.25) is 0 Å². The summed E-state index contributed by atoms with van der Waals surface area (Å²) in [5, 5.41) is 0. The average Bonchev–Trinajstić information content (AvgIpc) is 2.08. The van der Waals surface area contributed by atoms with Crippen molar-refractivity contribution in [2.24, 2.45) is 7.05 Å². The Bertz CT molecular complexity index is 352. The van der Waals surface area contributed by atoms with Gasteiger partial charge in [-0.1, -0.05) is 6.92 Å². The first-order valence-corrected chi connectivity index (χ1v) is 4.11. The lowest BCUT2D eigenvalue weighted by molar-refractivity contribution is 0.718. The van der Waals surface area contributed by atoms with Crippen molar-refractivity contribution in [3.63, 3.8) is 0 Å². The Morgan fingerprint density at radius 3 is 2.50 bits per heavy atom. The van der Waals surface area contributed by atoms with Crippen LogP contribution >= 0.6 is 0 Å². The first-order chi connectivity index (χ1) is 5.57. The molecular weight excluding hydrogens is 152 g/mol. The Kier molecular flexibility index (Phi) is 2.31. The largest absolute Gasteiger partial charge is 0.300 e. The van der Waals surface area contributed by atoms with Crippen LogP contribution in [0.5, 0.6) is 0 Å². The van der Waals surface area contributed by atoms with Gasteiger partial charge in [0.25, 0.3) is 5.56 Å². The van der Waals surface area contributed by atoms with Crippen molar-refractivity contribution < 1.29 is 0 Å². The highest BCUT2D eigenvalue weighted by Crippen LogP contribution is 1.99. The predicted octanol–water partition coefficient (Wildman–Crippen LogP) is 0.960. The van der Waals surface area contributed by atoms with Crippen LogP contribution in [0.2, 0.25) is 0 Å². The van der Waals surface area contributed by atoms with Crippen LogP contribution in [0, 0.1) is 13.8 Å². The van der Waals surface area contributed by atoms with E-state index in [2.05, 4.69) is 4.98 Å². The topological polar surface area (TPSA) is 34.9 Å². The minimum Gasteiger partial charge on any atom is -0.300 e. The summed E-state index contributed by atoms with van der Waals surface area (Å²) < 4.78 is 1.61. The van der Waals surface area contributed by atoms with Gasteiger partial charge in [0, 0.05) is 24.7 Å². The number of rotatable bonds is 1. The van der Waals surface area contributed by atoms with E-state index in [1.807, 2.05) is 20.8 Å². The zero-order chi connectivity index (χ0) is 9.30. The molecule has 0 atom stereocenters. The number of aryl methyl sites for hydroxylation is 2. The summed E-state index contributed by atoms with van der Waals surface area (Å²) in [6.45, 7) is 5.68. The number of hydrogen-bond donors (Lipinski definition) is 0. The molecule has 1 rings (SSSR count). The molecule has 0 bridgehead atoms. The molecule has 12 heavy (non-hydrogen) atoms. The van der Waals surface area contributed by atoms with Crippen molar-refractivity contribution in [1.82, 2.24) is 9.55 Å². The molecule has 1 aromatic heterocycles. The van der Waals surface area contributed by atoms with Gasteiger partial charge in [0.15, 0.2) is 0 Å². The van der Waals surface area contributed by atoms with Crippen LogP contribution in [-0.4, -0.2) is 9.55 Å². The van der Waals surface area contributed by atoms with Gasteiger partial charge in [-0.15, -0.1) is 0 Å². The fourth-order valence-electron chi connectivity index (χ4n) is 1.19. The summed E-state index contributed by atoms with van der Waals surface area (Å²) in [5.74, 6) is 0.850. The lowest BCUT2D eigenvalue weighted by Crippen LogP contribution is -2.25. The normalized spacial score (nSPS) is 10.3. The lowest BCUT2D eigenvalue weighted by atomic mass is 10.2. The van der Waals surface area contributed by atoms with E-state index in [1.165, 1.54) is 0 Å². The smallest absolute Gasteiger partial charge is 0.256 e. The molecule has 0 saturated heterocycles. The third-order valence-electron chi connectivity index (χ3n) is 2.17. The molecule has 3 heteroatoms. The quantitative estimate of drug-likeness (QED) is 0.622. The molecule has 0 unspecified atom stereocenters. The van der Waals surface area contributed by atoms with E-state index in [1.54, 1.807) is 11.6 Å². The van der Waals surface area contributed by atoms with Gasteiger partial charge in [-0.3, -0.25) is 9.36 Å². The van der Waals surface area contributed by atoms with Gasteiger partial charge in [0.1, 0.15) is 5.82 Å². The Balaban J connectivity index is 3.50. The third kappa shape index (κ3) is 1.26. The van der Waals surface area contributed by atoms with Crippen molar-refractivity contribution in [1.29, 1.82) is 0 Å². The molecule has 0 radical (unpaired) electrons. The van der Waals surface area contributed by atoms with Crippen LogP contribution in [0.4, 0.5) is 0 Å². The second-order valence-electron chi connectivity index (χ2n) is 2.96. The van der Waals surface area contributed by atoms with Gasteiger partial charge >= 0.3 is 0 Å². The standard InChI is InChI=1S/C9H14N2O/c1-5-8-10-7(3)6(2)9(12)11(8)4/h5H2,1-4H3. The van der Waals surface area contributed by atoms with Crippen LogP contribution in [-0.2, 0) is 13.5 Å². The van der Waals surface area contributed by atoms with Gasteiger partial charge < -0.3 is 0 Å². The molecule has 0 fully saturated rings. The maximum Gasteiger partial charge on any atom is 0.256 e. The molecule has 0 aliphatic rings. The summed E-state index contributed by atoms with van der Waals surface area (Å²) in [7, 11) is 1.76. The minimum absolute atomic E-state index is 0.0688. The molecule has 1 aromatic rings. The molecule has 0 N–H and O–H groups in total. The number of nitrogens with zero attached hydrogens (tertiary/aromatic N) is 2. The van der Waals surface area contributed by atoms with Gasteiger partial charge in [0.05, 0.1) is 0 Å². The van der Waals surface area contributed by atoms with Crippen molar-refractivity contribution in [3.05, 3.63) is 27.4 Å². The molecule has 0 spiro atoms. The summed E-state index contributed by atoms with van der Waals surface area (Å²) in [6, 6.07) is 0. The van der Waals surface area contributed by atoms with Crippen LogP contribution in [0.25, 0.3) is 0 Å². The lowest BCUT2D eigenvalue weighted by Gasteiger charge is -2.07. The summed E-state index contributed by atoms with van der Waals surface area (Å²) in [4.78, 5) is 15.8. The van der Waals surface area contributed by atoms with E-state index in [0.717, 1.165) is 23.5 Å². The van der Waals surface area contributed by atoms with Crippen molar-refractivity contribution in [3.8, 4) is 0 Å². The summed E-state index contributed by atoms with van der Waals surface area (Å²) in [5.41, 5.74) is 1.66. The fourth-order valence-corrected chi connectivity index (χ4v) is 1.19. The van der Waals surface area contributed by atoms with Crippen molar-refractivity contribution >= 4 is 0 Å². The van der Waals surface area contributed by atoms with Gasteiger partial charge in [-0.05, 0) is 13.8 Å². The maximum absolute atomic E-state index is 11.5. The Morgan fingerprint density at radius 2 is 2.00 bits per heavy atom. The van der Waals surface area contributed by atoms with E-state index in [9.17, 15) is 4.79 Å². The molecule has 0 aliphatic carbocycles. The van der Waals surface area contributed by atoms with Gasteiger partial charge in [-0.25, -0.2) is 4.98 Å². The van der Waals surface area contributed by atoms with Crippen LogP contribution in [0.15, 0.2) is 4.79 Å². The van der Waals surface area contributed by atoms with Crippen molar-refractivity contribution in [2.75, 3.05) is 0 Å². The number of hydrogen-bond acceptors (Lipinski definition) is 2. The zero-order valence-electron chi connectivity index (χ0n) is 8.01. The highest BCUT2D eigenvalue weighted by molar-refractivity contribution is 5.15. The van der Waals surface area contributed by atoms with Crippen LogP contribution < -0.4 is 5.56 Å². The van der Waals surface area contributed by atoms with Crippen LogP contribution in [0.1, 0.15) is 24.0 Å². The Labute approximate surface area is 72.1 Å². The van der Waals surface area contributed by atoms with E-state index in [-0.39, 0.29) is 5.56 Å². The predicted molar refractivity (Wildman–Crippen MR) is 48.3 cm³/mol. The Morgan fingerprint density at radius 1 is 1.42 bits per heavy atom.